The first-order valence-corrected chi connectivity index (χ1v) is 6.37. The second kappa shape index (κ2) is 4.21. The van der Waals surface area contributed by atoms with E-state index in [1.54, 1.807) is 12.1 Å². The topological polar surface area (TPSA) is 63.5 Å². The van der Waals surface area contributed by atoms with Crippen molar-refractivity contribution >= 4 is 22.2 Å². The second-order valence-corrected chi connectivity index (χ2v) is 4.98. The summed E-state index contributed by atoms with van der Waals surface area (Å²) in [6.07, 6.45) is 0.930. The van der Waals surface area contributed by atoms with Gasteiger partial charge in [-0.05, 0) is 12.5 Å². The van der Waals surface area contributed by atoms with Gasteiger partial charge in [0.05, 0.1) is 27.3 Å². The minimum atomic E-state index is -1.28. The van der Waals surface area contributed by atoms with Crippen LogP contribution in [0.4, 0.5) is 11.4 Å². The van der Waals surface area contributed by atoms with E-state index in [1.165, 1.54) is 6.07 Å². The first-order chi connectivity index (χ1) is 7.65. The third-order valence-corrected chi connectivity index (χ3v) is 3.92. The first-order valence-electron chi connectivity index (χ1n) is 5.06. The van der Waals surface area contributed by atoms with Crippen LogP contribution in [-0.4, -0.2) is 21.6 Å². The molecule has 0 fully saturated rings. The Balaban J connectivity index is 2.51. The van der Waals surface area contributed by atoms with Gasteiger partial charge in [0.2, 0.25) is 0 Å². The van der Waals surface area contributed by atoms with Gasteiger partial charge < -0.3 is 4.90 Å². The Kier molecular flexibility index (Phi) is 2.91. The molecule has 0 saturated carbocycles. The molecule has 0 radical (unpaired) electrons. The summed E-state index contributed by atoms with van der Waals surface area (Å²) in [4.78, 5) is 12.7. The van der Waals surface area contributed by atoms with Gasteiger partial charge in [0, 0.05) is 12.6 Å². The SMILES string of the molecule is CCCN1CS(=O)c2c1cccc2[N+](=O)[O-]. The molecule has 6 heteroatoms. The monoisotopic (exact) mass is 240 g/mol. The number of anilines is 1. The summed E-state index contributed by atoms with van der Waals surface area (Å²) in [7, 11) is -1.28. The lowest BCUT2D eigenvalue weighted by atomic mass is 10.2. The number of hydrogen-bond donors (Lipinski definition) is 0. The maximum atomic E-state index is 11.8. The number of fused-ring (bicyclic) bond motifs is 1. The van der Waals surface area contributed by atoms with Crippen LogP contribution in [0.1, 0.15) is 13.3 Å². The van der Waals surface area contributed by atoms with Crippen LogP contribution in [0.15, 0.2) is 23.1 Å². The molecule has 0 spiro atoms. The predicted molar refractivity (Wildman–Crippen MR) is 62.0 cm³/mol. The van der Waals surface area contributed by atoms with Gasteiger partial charge in [-0.2, -0.15) is 0 Å². The molecule has 0 N–H and O–H groups in total. The average Bonchev–Trinajstić information content (AvgIpc) is 2.57. The van der Waals surface area contributed by atoms with Crippen LogP contribution < -0.4 is 4.90 Å². The molecule has 0 aliphatic carbocycles. The summed E-state index contributed by atoms with van der Waals surface area (Å²) in [6, 6.07) is 4.84. The summed E-state index contributed by atoms with van der Waals surface area (Å²) in [5.74, 6) is 0.369. The zero-order valence-electron chi connectivity index (χ0n) is 8.88. The highest BCUT2D eigenvalue weighted by Crippen LogP contribution is 2.37. The Bertz CT molecular complexity index is 461. The van der Waals surface area contributed by atoms with E-state index in [9.17, 15) is 14.3 Å². The molecule has 0 aromatic heterocycles. The average molecular weight is 240 g/mol. The standard InChI is InChI=1S/C10H12N2O3S/c1-2-6-11-7-16(15)10-8(11)4-3-5-9(10)12(13)14/h3-5H,2,6-7H2,1H3. The summed E-state index contributed by atoms with van der Waals surface area (Å²) < 4.78 is 11.8. The van der Waals surface area contributed by atoms with Gasteiger partial charge in [0.1, 0.15) is 4.90 Å². The molecular formula is C10H12N2O3S. The van der Waals surface area contributed by atoms with Crippen molar-refractivity contribution in [3.63, 3.8) is 0 Å². The highest BCUT2D eigenvalue weighted by Gasteiger charge is 2.32. The van der Waals surface area contributed by atoms with E-state index in [0.29, 0.717) is 10.8 Å². The van der Waals surface area contributed by atoms with Crippen LogP contribution in [0.3, 0.4) is 0 Å². The lowest BCUT2D eigenvalue weighted by Gasteiger charge is -2.15. The van der Waals surface area contributed by atoms with Crippen LogP contribution in [-0.2, 0) is 10.8 Å². The normalized spacial score (nSPS) is 18.6. The summed E-state index contributed by atoms with van der Waals surface area (Å²) in [5, 5.41) is 10.8. The van der Waals surface area contributed by atoms with Gasteiger partial charge in [0.15, 0.2) is 0 Å². The van der Waals surface area contributed by atoms with Crippen molar-refractivity contribution in [3.8, 4) is 0 Å². The zero-order chi connectivity index (χ0) is 11.7. The molecular weight excluding hydrogens is 228 g/mol. The van der Waals surface area contributed by atoms with Crippen molar-refractivity contribution in [2.75, 3.05) is 17.3 Å². The highest BCUT2D eigenvalue weighted by molar-refractivity contribution is 7.85. The van der Waals surface area contributed by atoms with E-state index in [1.807, 2.05) is 11.8 Å². The fourth-order valence-corrected chi connectivity index (χ4v) is 3.36. The van der Waals surface area contributed by atoms with Crippen molar-refractivity contribution in [2.24, 2.45) is 0 Å². The Hall–Kier alpha value is -1.43. The largest absolute Gasteiger partial charge is 0.358 e. The van der Waals surface area contributed by atoms with Crippen LogP contribution >= 0.6 is 0 Å². The molecule has 0 saturated heterocycles. The Morgan fingerprint density at radius 1 is 1.56 bits per heavy atom. The predicted octanol–water partition coefficient (Wildman–Crippen LogP) is 1.89. The minimum absolute atomic E-state index is 0.0329. The molecule has 0 bridgehead atoms. The van der Waals surface area contributed by atoms with Crippen LogP contribution in [0.25, 0.3) is 0 Å². The maximum Gasteiger partial charge on any atom is 0.287 e. The molecule has 1 unspecified atom stereocenters. The number of nitro benzene ring substituents is 1. The van der Waals surface area contributed by atoms with Gasteiger partial charge in [-0.25, -0.2) is 0 Å². The van der Waals surface area contributed by atoms with Crippen LogP contribution in [0.2, 0.25) is 0 Å². The van der Waals surface area contributed by atoms with E-state index in [-0.39, 0.29) is 5.69 Å². The van der Waals surface area contributed by atoms with Crippen molar-refractivity contribution in [1.29, 1.82) is 0 Å². The number of hydrogen-bond acceptors (Lipinski definition) is 4. The molecule has 1 atom stereocenters. The number of nitro groups is 1. The van der Waals surface area contributed by atoms with E-state index in [4.69, 9.17) is 0 Å². The smallest absolute Gasteiger partial charge is 0.287 e. The summed E-state index contributed by atoms with van der Waals surface area (Å²) in [5.41, 5.74) is 0.712. The molecule has 86 valence electrons. The Morgan fingerprint density at radius 2 is 2.31 bits per heavy atom. The number of nitrogens with zero attached hydrogens (tertiary/aromatic N) is 2. The number of rotatable bonds is 3. The molecule has 1 aromatic rings. The number of benzene rings is 1. The van der Waals surface area contributed by atoms with Gasteiger partial charge in [-0.1, -0.05) is 13.0 Å². The quantitative estimate of drug-likeness (QED) is 0.598. The molecule has 5 nitrogen and oxygen atoms in total. The lowest BCUT2D eigenvalue weighted by Crippen LogP contribution is -2.21. The summed E-state index contributed by atoms with van der Waals surface area (Å²) >= 11 is 0. The van der Waals surface area contributed by atoms with E-state index in [0.717, 1.165) is 18.7 Å². The molecule has 16 heavy (non-hydrogen) atoms. The van der Waals surface area contributed by atoms with E-state index in [2.05, 4.69) is 0 Å². The van der Waals surface area contributed by atoms with Gasteiger partial charge >= 0.3 is 0 Å². The second-order valence-electron chi connectivity index (χ2n) is 3.62. The fraction of sp³-hybridized carbons (Fsp3) is 0.400. The van der Waals surface area contributed by atoms with Gasteiger partial charge in [-0.15, -0.1) is 0 Å². The zero-order valence-corrected chi connectivity index (χ0v) is 9.70. The Morgan fingerprint density at radius 3 is 2.94 bits per heavy atom. The van der Waals surface area contributed by atoms with Crippen molar-refractivity contribution < 1.29 is 9.13 Å². The van der Waals surface area contributed by atoms with E-state index < -0.39 is 15.7 Å². The molecule has 1 aromatic carbocycles. The molecule has 2 rings (SSSR count). The van der Waals surface area contributed by atoms with Crippen LogP contribution in [0.5, 0.6) is 0 Å². The lowest BCUT2D eigenvalue weighted by molar-refractivity contribution is -0.387. The fourth-order valence-electron chi connectivity index (χ4n) is 1.87. The van der Waals surface area contributed by atoms with Gasteiger partial charge in [-0.3, -0.25) is 14.3 Å². The first kappa shape index (κ1) is 11.1. The van der Waals surface area contributed by atoms with E-state index >= 15 is 0 Å². The molecule has 1 heterocycles. The van der Waals surface area contributed by atoms with Crippen molar-refractivity contribution in [3.05, 3.63) is 28.3 Å². The highest BCUT2D eigenvalue weighted by atomic mass is 32.2. The Labute approximate surface area is 95.7 Å². The maximum absolute atomic E-state index is 11.8. The minimum Gasteiger partial charge on any atom is -0.358 e. The van der Waals surface area contributed by atoms with Crippen LogP contribution in [0, 0.1) is 10.1 Å². The molecule has 1 aliphatic heterocycles. The summed E-state index contributed by atoms with van der Waals surface area (Å²) in [6.45, 7) is 2.80. The van der Waals surface area contributed by atoms with Gasteiger partial charge in [0.25, 0.3) is 5.69 Å². The third-order valence-electron chi connectivity index (χ3n) is 2.51. The molecule has 1 aliphatic rings. The van der Waals surface area contributed by atoms with Crippen molar-refractivity contribution in [1.82, 2.24) is 0 Å². The molecule has 0 amide bonds. The third kappa shape index (κ3) is 1.69. The van der Waals surface area contributed by atoms with Crippen molar-refractivity contribution in [2.45, 2.75) is 18.2 Å².